The molecule has 0 fully saturated rings. The zero-order chi connectivity index (χ0) is 13.8. The van der Waals surface area contributed by atoms with Crippen molar-refractivity contribution in [3.63, 3.8) is 0 Å². The zero-order valence-electron chi connectivity index (χ0n) is 10.6. The van der Waals surface area contributed by atoms with Crippen LogP contribution >= 0.6 is 15.9 Å². The van der Waals surface area contributed by atoms with Gasteiger partial charge in [-0.1, -0.05) is 0 Å². The van der Waals surface area contributed by atoms with Gasteiger partial charge in [-0.2, -0.15) is 0 Å². The summed E-state index contributed by atoms with van der Waals surface area (Å²) in [7, 11) is 1.50. The summed E-state index contributed by atoms with van der Waals surface area (Å²) in [6.07, 6.45) is 1.69. The van der Waals surface area contributed by atoms with Crippen LogP contribution in [-0.4, -0.2) is 28.7 Å². The van der Waals surface area contributed by atoms with Gasteiger partial charge in [0.05, 0.1) is 11.6 Å². The number of hydrogen-bond donors (Lipinski definition) is 2. The van der Waals surface area contributed by atoms with E-state index in [-0.39, 0.29) is 5.75 Å². The summed E-state index contributed by atoms with van der Waals surface area (Å²) in [5.74, 6) is 1.77. The van der Waals surface area contributed by atoms with E-state index in [0.29, 0.717) is 16.0 Å². The molecule has 0 radical (unpaired) electrons. The molecule has 2 aromatic rings. The topological polar surface area (TPSA) is 67.3 Å². The molecule has 5 nitrogen and oxygen atoms in total. The number of nitrogens with one attached hydrogen (secondary N) is 1. The number of phenolic OH excluding ortho intramolecular Hbond substituents is 1. The highest BCUT2D eigenvalue weighted by Crippen LogP contribution is 2.37. The van der Waals surface area contributed by atoms with Gasteiger partial charge in [0.1, 0.15) is 5.82 Å². The average Bonchev–Trinajstić information content (AvgIpc) is 2.42. The molecule has 0 aliphatic rings. The van der Waals surface area contributed by atoms with Crippen LogP contribution in [0.25, 0.3) is 11.4 Å². The summed E-state index contributed by atoms with van der Waals surface area (Å²) >= 11 is 3.28. The van der Waals surface area contributed by atoms with Crippen LogP contribution in [0.15, 0.2) is 28.9 Å². The molecule has 1 aromatic carbocycles. The highest BCUT2D eigenvalue weighted by atomic mass is 79.9. The fraction of sp³-hybridized carbons (Fsp3) is 0.231. The first-order chi connectivity index (χ1) is 9.15. The number of ether oxygens (including phenoxy) is 1. The highest BCUT2D eigenvalue weighted by molar-refractivity contribution is 9.10. The second-order valence-electron chi connectivity index (χ2n) is 3.80. The minimum atomic E-state index is 0.0640. The standard InChI is InChI=1S/C13H14BrN3O2/c1-3-15-11-4-5-16-13(17-11)8-6-9(14)12(18)10(7-8)19-2/h4-7,18H,3H2,1-2H3,(H,15,16,17). The Hall–Kier alpha value is -1.82. The third kappa shape index (κ3) is 2.96. The van der Waals surface area contributed by atoms with Gasteiger partial charge in [-0.15, -0.1) is 0 Å². The normalized spacial score (nSPS) is 10.3. The predicted octanol–water partition coefficient (Wildman–Crippen LogP) is 3.05. The fourth-order valence-corrected chi connectivity index (χ4v) is 2.08. The van der Waals surface area contributed by atoms with E-state index >= 15 is 0 Å². The van der Waals surface area contributed by atoms with Crippen LogP contribution in [0, 0.1) is 0 Å². The molecule has 19 heavy (non-hydrogen) atoms. The molecule has 0 aliphatic heterocycles. The van der Waals surface area contributed by atoms with Crippen LogP contribution in [0.2, 0.25) is 0 Å². The van der Waals surface area contributed by atoms with Crippen LogP contribution in [0.3, 0.4) is 0 Å². The molecule has 0 spiro atoms. The van der Waals surface area contributed by atoms with Crippen LogP contribution in [-0.2, 0) is 0 Å². The van der Waals surface area contributed by atoms with Crippen LogP contribution in [0.4, 0.5) is 5.82 Å². The highest BCUT2D eigenvalue weighted by Gasteiger charge is 2.11. The third-order valence-electron chi connectivity index (χ3n) is 2.52. The summed E-state index contributed by atoms with van der Waals surface area (Å²) in [5.41, 5.74) is 0.765. The first-order valence-corrected chi connectivity index (χ1v) is 6.58. The number of methoxy groups -OCH3 is 1. The largest absolute Gasteiger partial charge is 0.503 e. The minimum absolute atomic E-state index is 0.0640. The minimum Gasteiger partial charge on any atom is -0.503 e. The second-order valence-corrected chi connectivity index (χ2v) is 4.66. The number of aromatic nitrogens is 2. The number of aromatic hydroxyl groups is 1. The van der Waals surface area contributed by atoms with E-state index in [1.165, 1.54) is 7.11 Å². The molecule has 2 rings (SSSR count). The maximum absolute atomic E-state index is 9.78. The summed E-state index contributed by atoms with van der Waals surface area (Å²) in [6, 6.07) is 5.26. The number of anilines is 1. The monoisotopic (exact) mass is 323 g/mol. The number of hydrogen-bond acceptors (Lipinski definition) is 5. The predicted molar refractivity (Wildman–Crippen MR) is 77.5 cm³/mol. The Labute approximate surface area is 119 Å². The van der Waals surface area contributed by atoms with E-state index in [1.54, 1.807) is 24.4 Å². The van der Waals surface area contributed by atoms with Crippen molar-refractivity contribution in [1.29, 1.82) is 0 Å². The molecule has 6 heteroatoms. The molecule has 0 atom stereocenters. The number of nitrogens with zero attached hydrogens (tertiary/aromatic N) is 2. The summed E-state index contributed by atoms with van der Waals surface area (Å²) in [5, 5.41) is 12.9. The Balaban J connectivity index is 2.46. The Bertz CT molecular complexity index is 590. The molecular formula is C13H14BrN3O2. The average molecular weight is 324 g/mol. The Morgan fingerprint density at radius 3 is 2.89 bits per heavy atom. The van der Waals surface area contributed by atoms with E-state index in [2.05, 4.69) is 31.2 Å². The smallest absolute Gasteiger partial charge is 0.172 e. The molecule has 0 unspecified atom stereocenters. The van der Waals surface area contributed by atoms with Crippen molar-refractivity contribution in [2.45, 2.75) is 6.92 Å². The molecule has 0 saturated heterocycles. The lowest BCUT2D eigenvalue weighted by Gasteiger charge is -2.09. The van der Waals surface area contributed by atoms with E-state index in [9.17, 15) is 5.11 Å². The molecule has 1 aromatic heterocycles. The van der Waals surface area contributed by atoms with Crippen molar-refractivity contribution < 1.29 is 9.84 Å². The molecule has 0 aliphatic carbocycles. The van der Waals surface area contributed by atoms with Gasteiger partial charge in [0.15, 0.2) is 17.3 Å². The number of halogens is 1. The Kier molecular flexibility index (Phi) is 4.21. The Morgan fingerprint density at radius 2 is 2.21 bits per heavy atom. The van der Waals surface area contributed by atoms with Gasteiger partial charge in [-0.05, 0) is 41.1 Å². The maximum atomic E-state index is 9.78. The van der Waals surface area contributed by atoms with Gasteiger partial charge in [0.25, 0.3) is 0 Å². The molecule has 0 bridgehead atoms. The van der Waals surface area contributed by atoms with Crippen molar-refractivity contribution in [2.24, 2.45) is 0 Å². The van der Waals surface area contributed by atoms with E-state index in [1.807, 2.05) is 6.92 Å². The van der Waals surface area contributed by atoms with Gasteiger partial charge < -0.3 is 15.2 Å². The lowest BCUT2D eigenvalue weighted by atomic mass is 10.2. The molecule has 2 N–H and O–H groups in total. The zero-order valence-corrected chi connectivity index (χ0v) is 12.2. The number of rotatable bonds is 4. The first kappa shape index (κ1) is 13.6. The van der Waals surface area contributed by atoms with Crippen LogP contribution in [0.1, 0.15) is 6.92 Å². The van der Waals surface area contributed by atoms with Gasteiger partial charge in [-0.25, -0.2) is 9.97 Å². The number of benzene rings is 1. The second kappa shape index (κ2) is 5.88. The van der Waals surface area contributed by atoms with Crippen LogP contribution < -0.4 is 10.1 Å². The van der Waals surface area contributed by atoms with Crippen molar-refractivity contribution in [2.75, 3.05) is 19.0 Å². The summed E-state index contributed by atoms with van der Waals surface area (Å²) in [4.78, 5) is 8.63. The summed E-state index contributed by atoms with van der Waals surface area (Å²) < 4.78 is 5.66. The van der Waals surface area contributed by atoms with Crippen molar-refractivity contribution in [3.05, 3.63) is 28.9 Å². The third-order valence-corrected chi connectivity index (χ3v) is 3.12. The molecule has 0 saturated carbocycles. The summed E-state index contributed by atoms with van der Waals surface area (Å²) in [6.45, 7) is 2.79. The Morgan fingerprint density at radius 1 is 1.42 bits per heavy atom. The van der Waals surface area contributed by atoms with E-state index in [0.717, 1.165) is 17.9 Å². The van der Waals surface area contributed by atoms with Crippen molar-refractivity contribution in [3.8, 4) is 22.9 Å². The molecular weight excluding hydrogens is 310 g/mol. The fourth-order valence-electron chi connectivity index (χ4n) is 1.64. The first-order valence-electron chi connectivity index (χ1n) is 5.79. The van der Waals surface area contributed by atoms with Gasteiger partial charge in [0, 0.05) is 18.3 Å². The van der Waals surface area contributed by atoms with Crippen molar-refractivity contribution in [1.82, 2.24) is 9.97 Å². The van der Waals surface area contributed by atoms with Gasteiger partial charge in [-0.3, -0.25) is 0 Å². The SMILES string of the molecule is CCNc1ccnc(-c2cc(Br)c(O)c(OC)c2)n1. The quantitative estimate of drug-likeness (QED) is 0.905. The lowest BCUT2D eigenvalue weighted by Crippen LogP contribution is -2.01. The van der Waals surface area contributed by atoms with Crippen molar-refractivity contribution >= 4 is 21.7 Å². The lowest BCUT2D eigenvalue weighted by molar-refractivity contribution is 0.372. The molecule has 1 heterocycles. The number of phenols is 1. The molecule has 100 valence electrons. The van der Waals surface area contributed by atoms with Gasteiger partial charge in [0.2, 0.25) is 0 Å². The maximum Gasteiger partial charge on any atom is 0.172 e. The molecule has 0 amide bonds. The van der Waals surface area contributed by atoms with E-state index in [4.69, 9.17) is 4.74 Å². The van der Waals surface area contributed by atoms with Gasteiger partial charge >= 0.3 is 0 Å². The van der Waals surface area contributed by atoms with E-state index < -0.39 is 0 Å². The van der Waals surface area contributed by atoms with Crippen LogP contribution in [0.5, 0.6) is 11.5 Å².